The summed E-state index contributed by atoms with van der Waals surface area (Å²) in [6.07, 6.45) is 22.9. The molecule has 1 fully saturated rings. The molecule has 0 aromatic rings. The maximum atomic E-state index is 12.5. The molecule has 35 heavy (non-hydrogen) atoms. The Hall–Kier alpha value is -0.650. The minimum atomic E-state index is -0.896. The Morgan fingerprint density at radius 1 is 0.714 bits per heavy atom. The van der Waals surface area contributed by atoms with Crippen LogP contribution < -0.4 is 5.32 Å². The molecule has 3 atom stereocenters. The third-order valence-electron chi connectivity index (χ3n) is 7.67. The van der Waals surface area contributed by atoms with E-state index in [0.717, 1.165) is 38.8 Å². The molecule has 0 aromatic heterocycles. The van der Waals surface area contributed by atoms with E-state index in [4.69, 9.17) is 0 Å². The van der Waals surface area contributed by atoms with Crippen LogP contribution in [-0.4, -0.2) is 58.9 Å². The van der Waals surface area contributed by atoms with E-state index >= 15 is 0 Å². The first kappa shape index (κ1) is 32.4. The van der Waals surface area contributed by atoms with Gasteiger partial charge in [-0.1, -0.05) is 117 Å². The zero-order chi connectivity index (χ0) is 25.6. The number of carbonyl (C=O) groups is 1. The molecule has 0 aliphatic carbocycles. The average Bonchev–Trinajstić information content (AvgIpc) is 3.36. The normalized spacial score (nSPS) is 16.9. The van der Waals surface area contributed by atoms with Crippen molar-refractivity contribution in [3.63, 3.8) is 0 Å². The Balaban J connectivity index is 2.23. The number of hydrogen-bond donors (Lipinski definition) is 3. The van der Waals surface area contributed by atoms with Crippen molar-refractivity contribution < 1.29 is 15.0 Å². The largest absolute Gasteiger partial charge is 0.390 e. The zero-order valence-corrected chi connectivity index (χ0v) is 23.5. The molecule has 3 N–H and O–H groups in total. The van der Waals surface area contributed by atoms with Gasteiger partial charge < -0.3 is 20.4 Å². The lowest BCUT2D eigenvalue weighted by Crippen LogP contribution is -2.53. The number of rotatable bonds is 24. The standard InChI is InChI=1S/C30H60N2O3/c1-3-5-7-9-10-11-12-13-14-15-17-18-22-28(33)30(35)27(26-32-24-20-21-25-32)31-29(34)23-19-16-8-6-4-2/h27-28,30,33,35H,3-26H2,1-2H3,(H,31,34)/t27-,28+,30-/m0/s1. The van der Waals surface area contributed by atoms with Crippen LogP contribution in [-0.2, 0) is 4.79 Å². The predicted octanol–water partition coefficient (Wildman–Crippen LogP) is 6.74. The van der Waals surface area contributed by atoms with Gasteiger partial charge in [-0.2, -0.15) is 0 Å². The van der Waals surface area contributed by atoms with Crippen LogP contribution in [0, 0.1) is 0 Å². The SMILES string of the molecule is CCCCCCCCCCCCCC[C@@H](O)[C@@H](O)[C@H](CN1CCCC1)NC(=O)CCCCCCC. The van der Waals surface area contributed by atoms with Crippen molar-refractivity contribution in [3.8, 4) is 0 Å². The van der Waals surface area contributed by atoms with E-state index in [9.17, 15) is 15.0 Å². The van der Waals surface area contributed by atoms with Crippen molar-refractivity contribution in [3.05, 3.63) is 0 Å². The first-order valence-corrected chi connectivity index (χ1v) is 15.5. The smallest absolute Gasteiger partial charge is 0.220 e. The van der Waals surface area contributed by atoms with Gasteiger partial charge in [-0.3, -0.25) is 4.79 Å². The van der Waals surface area contributed by atoms with Crippen LogP contribution in [0.15, 0.2) is 0 Å². The highest BCUT2D eigenvalue weighted by Gasteiger charge is 2.29. The third-order valence-corrected chi connectivity index (χ3v) is 7.67. The zero-order valence-electron chi connectivity index (χ0n) is 23.5. The summed E-state index contributed by atoms with van der Waals surface area (Å²) >= 11 is 0. The molecule has 0 saturated carbocycles. The first-order valence-electron chi connectivity index (χ1n) is 15.5. The number of likely N-dealkylation sites (tertiary alicyclic amines) is 1. The quantitative estimate of drug-likeness (QED) is 0.129. The number of hydrogen-bond acceptors (Lipinski definition) is 4. The Morgan fingerprint density at radius 2 is 1.17 bits per heavy atom. The van der Waals surface area contributed by atoms with Gasteiger partial charge in [0.05, 0.1) is 12.1 Å². The van der Waals surface area contributed by atoms with Crippen molar-refractivity contribution in [1.29, 1.82) is 0 Å². The molecule has 0 unspecified atom stereocenters. The summed E-state index contributed by atoms with van der Waals surface area (Å²) in [6.45, 7) is 7.13. The van der Waals surface area contributed by atoms with Gasteiger partial charge in [0.1, 0.15) is 6.10 Å². The van der Waals surface area contributed by atoms with E-state index in [1.54, 1.807) is 0 Å². The van der Waals surface area contributed by atoms with Gasteiger partial charge in [-0.15, -0.1) is 0 Å². The summed E-state index contributed by atoms with van der Waals surface area (Å²) in [6, 6.07) is -0.386. The fourth-order valence-electron chi connectivity index (χ4n) is 5.28. The lowest BCUT2D eigenvalue weighted by molar-refractivity contribution is -0.123. The van der Waals surface area contributed by atoms with Crippen LogP contribution in [0.25, 0.3) is 0 Å². The first-order chi connectivity index (χ1) is 17.1. The fourth-order valence-corrected chi connectivity index (χ4v) is 5.28. The number of aliphatic hydroxyl groups is 2. The molecule has 0 radical (unpaired) electrons. The lowest BCUT2D eigenvalue weighted by atomic mass is 9.98. The summed E-state index contributed by atoms with van der Waals surface area (Å²) in [5.41, 5.74) is 0. The Labute approximate surface area is 217 Å². The number of nitrogens with zero attached hydrogens (tertiary/aromatic N) is 1. The van der Waals surface area contributed by atoms with Crippen molar-refractivity contribution >= 4 is 5.91 Å². The molecule has 1 saturated heterocycles. The second kappa shape index (κ2) is 22.5. The van der Waals surface area contributed by atoms with Crippen LogP contribution in [0.1, 0.15) is 149 Å². The van der Waals surface area contributed by atoms with Gasteiger partial charge in [0.25, 0.3) is 0 Å². The highest BCUT2D eigenvalue weighted by atomic mass is 16.3. The Kier molecular flexibility index (Phi) is 20.9. The van der Waals surface area contributed by atoms with Crippen molar-refractivity contribution in [2.24, 2.45) is 0 Å². The molecule has 1 heterocycles. The van der Waals surface area contributed by atoms with Crippen LogP contribution in [0.2, 0.25) is 0 Å². The van der Waals surface area contributed by atoms with Crippen LogP contribution in [0.5, 0.6) is 0 Å². The lowest BCUT2D eigenvalue weighted by Gasteiger charge is -2.31. The van der Waals surface area contributed by atoms with E-state index in [0.29, 0.717) is 19.4 Å². The van der Waals surface area contributed by atoms with E-state index in [1.807, 2.05) is 0 Å². The third kappa shape index (κ3) is 17.4. The van der Waals surface area contributed by atoms with Gasteiger partial charge in [0.15, 0.2) is 0 Å². The topological polar surface area (TPSA) is 72.8 Å². The monoisotopic (exact) mass is 496 g/mol. The molecule has 1 amide bonds. The highest BCUT2D eigenvalue weighted by Crippen LogP contribution is 2.16. The minimum Gasteiger partial charge on any atom is -0.390 e. The minimum absolute atomic E-state index is 0.0160. The summed E-state index contributed by atoms with van der Waals surface area (Å²) < 4.78 is 0. The molecule has 208 valence electrons. The van der Waals surface area contributed by atoms with Crippen molar-refractivity contribution in [2.75, 3.05) is 19.6 Å². The molecular weight excluding hydrogens is 436 g/mol. The summed E-state index contributed by atoms with van der Waals surface area (Å²) in [5, 5.41) is 24.7. The summed E-state index contributed by atoms with van der Waals surface area (Å²) in [5.74, 6) is 0.0160. The molecule has 0 bridgehead atoms. The maximum absolute atomic E-state index is 12.5. The number of aliphatic hydroxyl groups excluding tert-OH is 2. The molecule has 5 nitrogen and oxygen atoms in total. The molecule has 1 aliphatic heterocycles. The Bertz CT molecular complexity index is 482. The van der Waals surface area contributed by atoms with Gasteiger partial charge >= 0.3 is 0 Å². The summed E-state index contributed by atoms with van der Waals surface area (Å²) in [7, 11) is 0. The molecule has 0 spiro atoms. The average molecular weight is 497 g/mol. The van der Waals surface area contributed by atoms with Crippen molar-refractivity contribution in [1.82, 2.24) is 10.2 Å². The van der Waals surface area contributed by atoms with Gasteiger partial charge in [-0.25, -0.2) is 0 Å². The van der Waals surface area contributed by atoms with E-state index in [1.165, 1.54) is 96.3 Å². The second-order valence-corrected chi connectivity index (χ2v) is 11.1. The van der Waals surface area contributed by atoms with E-state index < -0.39 is 12.2 Å². The summed E-state index contributed by atoms with van der Waals surface area (Å²) in [4.78, 5) is 14.8. The molecule has 1 rings (SSSR count). The Morgan fingerprint density at radius 3 is 1.69 bits per heavy atom. The molecule has 0 aromatic carbocycles. The number of carbonyl (C=O) groups excluding carboxylic acids is 1. The maximum Gasteiger partial charge on any atom is 0.220 e. The number of unbranched alkanes of at least 4 members (excludes halogenated alkanes) is 15. The number of nitrogens with one attached hydrogen (secondary N) is 1. The molecule has 1 aliphatic rings. The van der Waals surface area contributed by atoms with E-state index in [2.05, 4.69) is 24.1 Å². The molecule has 5 heteroatoms. The molecular formula is C30H60N2O3. The highest BCUT2D eigenvalue weighted by molar-refractivity contribution is 5.76. The van der Waals surface area contributed by atoms with Gasteiger partial charge in [0, 0.05) is 13.0 Å². The second-order valence-electron chi connectivity index (χ2n) is 11.1. The van der Waals surface area contributed by atoms with Crippen LogP contribution in [0.3, 0.4) is 0 Å². The predicted molar refractivity (Wildman–Crippen MR) is 149 cm³/mol. The van der Waals surface area contributed by atoms with Crippen LogP contribution >= 0.6 is 0 Å². The van der Waals surface area contributed by atoms with Gasteiger partial charge in [0.2, 0.25) is 5.91 Å². The van der Waals surface area contributed by atoms with Gasteiger partial charge in [-0.05, 0) is 38.8 Å². The van der Waals surface area contributed by atoms with Crippen molar-refractivity contribution in [2.45, 2.75) is 167 Å². The number of amides is 1. The fraction of sp³-hybridized carbons (Fsp3) is 0.967. The van der Waals surface area contributed by atoms with Crippen LogP contribution in [0.4, 0.5) is 0 Å². The van der Waals surface area contributed by atoms with E-state index in [-0.39, 0.29) is 11.9 Å².